The highest BCUT2D eigenvalue weighted by Crippen LogP contribution is 2.32. The van der Waals surface area contributed by atoms with Crippen molar-refractivity contribution in [2.24, 2.45) is 0 Å². The molecule has 0 atom stereocenters. The largest absolute Gasteiger partial charge is 0.504 e. The summed E-state index contributed by atoms with van der Waals surface area (Å²) < 4.78 is 5.51. The predicted molar refractivity (Wildman–Crippen MR) is 88.0 cm³/mol. The summed E-state index contributed by atoms with van der Waals surface area (Å²) in [6.45, 7) is 0. The van der Waals surface area contributed by atoms with Gasteiger partial charge in [0.15, 0.2) is 17.3 Å². The molecule has 0 saturated heterocycles. The van der Waals surface area contributed by atoms with Crippen LogP contribution >= 0.6 is 23.2 Å². The minimum absolute atomic E-state index is 0.0521. The molecule has 116 valence electrons. The molecule has 0 spiro atoms. The second-order valence-corrected chi connectivity index (χ2v) is 5.46. The number of rotatable bonds is 3. The van der Waals surface area contributed by atoms with Gasteiger partial charge in [0.1, 0.15) is 5.76 Å². The predicted octanol–water partition coefficient (Wildman–Crippen LogP) is 4.61. The number of aromatic nitrogens is 1. The average Bonchev–Trinajstić information content (AvgIpc) is 3.02. The molecule has 5 nitrogen and oxygen atoms in total. The monoisotopic (exact) mass is 348 g/mol. The van der Waals surface area contributed by atoms with Gasteiger partial charge in [-0.1, -0.05) is 23.2 Å². The second kappa shape index (κ2) is 6.32. The Bertz CT molecular complexity index is 877. The van der Waals surface area contributed by atoms with Crippen LogP contribution in [0.3, 0.4) is 0 Å². The number of pyridine rings is 1. The molecule has 3 aromatic rings. The molecule has 23 heavy (non-hydrogen) atoms. The van der Waals surface area contributed by atoms with Crippen LogP contribution in [0.15, 0.2) is 53.1 Å². The molecule has 2 N–H and O–H groups in total. The molecule has 0 aliphatic carbocycles. The summed E-state index contributed by atoms with van der Waals surface area (Å²) in [5, 5.41) is 13.0. The van der Waals surface area contributed by atoms with Crippen LogP contribution in [-0.4, -0.2) is 16.0 Å². The molecule has 7 heteroatoms. The van der Waals surface area contributed by atoms with Crippen molar-refractivity contribution in [3.05, 3.63) is 64.5 Å². The number of hydrogen-bond acceptors (Lipinski definition) is 4. The molecule has 2 heterocycles. The van der Waals surface area contributed by atoms with E-state index < -0.39 is 5.91 Å². The third kappa shape index (κ3) is 3.31. The number of hydrogen-bond donors (Lipinski definition) is 2. The van der Waals surface area contributed by atoms with Gasteiger partial charge < -0.3 is 14.8 Å². The van der Waals surface area contributed by atoms with Crippen LogP contribution in [0, 0.1) is 0 Å². The summed E-state index contributed by atoms with van der Waals surface area (Å²) >= 11 is 12.1. The lowest BCUT2D eigenvalue weighted by Gasteiger charge is -2.04. The van der Waals surface area contributed by atoms with Crippen LogP contribution in [0.4, 0.5) is 5.82 Å². The van der Waals surface area contributed by atoms with Crippen LogP contribution in [0.1, 0.15) is 10.6 Å². The van der Waals surface area contributed by atoms with Gasteiger partial charge in [-0.15, -0.1) is 0 Å². The Morgan fingerprint density at radius 3 is 2.78 bits per heavy atom. The summed E-state index contributed by atoms with van der Waals surface area (Å²) in [4.78, 5) is 16.0. The normalized spacial score (nSPS) is 10.5. The number of anilines is 1. The van der Waals surface area contributed by atoms with E-state index in [0.29, 0.717) is 21.4 Å². The third-order valence-corrected chi connectivity index (χ3v) is 3.61. The molecule has 1 amide bonds. The van der Waals surface area contributed by atoms with Crippen molar-refractivity contribution in [1.29, 1.82) is 0 Å². The SMILES string of the molecule is O=C(Nc1ncccc1O)c1ccc(-c2cc(Cl)ccc2Cl)o1. The van der Waals surface area contributed by atoms with E-state index in [1.54, 1.807) is 30.3 Å². The molecule has 1 aromatic carbocycles. The van der Waals surface area contributed by atoms with Gasteiger partial charge in [-0.2, -0.15) is 0 Å². The maximum atomic E-state index is 12.1. The first-order valence-corrected chi connectivity index (χ1v) is 7.31. The number of halogens is 2. The smallest absolute Gasteiger partial charge is 0.292 e. The van der Waals surface area contributed by atoms with Crippen LogP contribution in [0.5, 0.6) is 5.75 Å². The molecule has 0 aliphatic heterocycles. The van der Waals surface area contributed by atoms with Gasteiger partial charge in [-0.05, 0) is 42.5 Å². The Morgan fingerprint density at radius 1 is 1.17 bits per heavy atom. The van der Waals surface area contributed by atoms with E-state index in [4.69, 9.17) is 27.6 Å². The molecule has 2 aromatic heterocycles. The number of furan rings is 1. The van der Waals surface area contributed by atoms with Crippen molar-refractivity contribution < 1.29 is 14.3 Å². The van der Waals surface area contributed by atoms with Crippen molar-refractivity contribution >= 4 is 34.9 Å². The first kappa shape index (κ1) is 15.4. The van der Waals surface area contributed by atoms with Crippen LogP contribution in [-0.2, 0) is 0 Å². The van der Waals surface area contributed by atoms with Crippen molar-refractivity contribution in [3.63, 3.8) is 0 Å². The number of nitrogens with one attached hydrogen (secondary N) is 1. The van der Waals surface area contributed by atoms with Crippen molar-refractivity contribution in [2.45, 2.75) is 0 Å². The maximum absolute atomic E-state index is 12.1. The lowest BCUT2D eigenvalue weighted by molar-refractivity contribution is 0.0996. The molecule has 0 aliphatic rings. The Morgan fingerprint density at radius 2 is 2.00 bits per heavy atom. The van der Waals surface area contributed by atoms with E-state index in [0.717, 1.165) is 0 Å². The van der Waals surface area contributed by atoms with E-state index in [-0.39, 0.29) is 17.3 Å². The highest BCUT2D eigenvalue weighted by molar-refractivity contribution is 6.35. The lowest BCUT2D eigenvalue weighted by Crippen LogP contribution is -2.11. The van der Waals surface area contributed by atoms with Crippen LogP contribution in [0.25, 0.3) is 11.3 Å². The van der Waals surface area contributed by atoms with Gasteiger partial charge in [-0.25, -0.2) is 4.98 Å². The van der Waals surface area contributed by atoms with Crippen molar-refractivity contribution in [3.8, 4) is 17.1 Å². The van der Waals surface area contributed by atoms with Gasteiger partial charge >= 0.3 is 0 Å². The number of aromatic hydroxyl groups is 1. The number of benzene rings is 1. The first-order chi connectivity index (χ1) is 11.0. The van der Waals surface area contributed by atoms with E-state index in [2.05, 4.69) is 10.3 Å². The highest BCUT2D eigenvalue weighted by Gasteiger charge is 2.16. The zero-order valence-electron chi connectivity index (χ0n) is 11.6. The molecule has 0 radical (unpaired) electrons. The third-order valence-electron chi connectivity index (χ3n) is 3.04. The summed E-state index contributed by atoms with van der Waals surface area (Å²) in [6.07, 6.45) is 1.45. The van der Waals surface area contributed by atoms with E-state index in [9.17, 15) is 9.90 Å². The fourth-order valence-electron chi connectivity index (χ4n) is 1.95. The number of nitrogens with zero attached hydrogens (tertiary/aromatic N) is 1. The van der Waals surface area contributed by atoms with E-state index in [1.807, 2.05) is 0 Å². The van der Waals surface area contributed by atoms with E-state index >= 15 is 0 Å². The molecule has 0 saturated carbocycles. The molecule has 0 bridgehead atoms. The fourth-order valence-corrected chi connectivity index (χ4v) is 2.34. The van der Waals surface area contributed by atoms with Gasteiger partial charge in [0.05, 0.1) is 5.02 Å². The Hall–Kier alpha value is -2.50. The topological polar surface area (TPSA) is 75.4 Å². The zero-order chi connectivity index (χ0) is 16.4. The lowest BCUT2D eigenvalue weighted by atomic mass is 10.2. The molecule has 0 fully saturated rings. The Balaban J connectivity index is 1.86. The summed E-state index contributed by atoms with van der Waals surface area (Å²) in [6, 6.07) is 11.0. The minimum atomic E-state index is -0.539. The van der Waals surface area contributed by atoms with Gasteiger partial charge in [0.2, 0.25) is 0 Å². The van der Waals surface area contributed by atoms with Gasteiger partial charge in [0, 0.05) is 16.8 Å². The van der Waals surface area contributed by atoms with Gasteiger partial charge in [0.25, 0.3) is 5.91 Å². The number of carbonyl (C=O) groups is 1. The van der Waals surface area contributed by atoms with Crippen LogP contribution in [0.2, 0.25) is 10.0 Å². The quantitative estimate of drug-likeness (QED) is 0.724. The second-order valence-electron chi connectivity index (χ2n) is 4.61. The van der Waals surface area contributed by atoms with Crippen molar-refractivity contribution in [1.82, 2.24) is 4.98 Å². The average molecular weight is 349 g/mol. The number of amides is 1. The first-order valence-electron chi connectivity index (χ1n) is 6.55. The summed E-state index contributed by atoms with van der Waals surface area (Å²) in [7, 11) is 0. The molecular formula is C16H10Cl2N2O3. The van der Waals surface area contributed by atoms with E-state index in [1.165, 1.54) is 18.3 Å². The zero-order valence-corrected chi connectivity index (χ0v) is 13.1. The molecule has 0 unspecified atom stereocenters. The fraction of sp³-hybridized carbons (Fsp3) is 0. The Kier molecular flexibility index (Phi) is 4.23. The molecular weight excluding hydrogens is 339 g/mol. The minimum Gasteiger partial charge on any atom is -0.504 e. The highest BCUT2D eigenvalue weighted by atomic mass is 35.5. The van der Waals surface area contributed by atoms with Gasteiger partial charge in [-0.3, -0.25) is 4.79 Å². The van der Waals surface area contributed by atoms with Crippen LogP contribution < -0.4 is 5.32 Å². The molecule has 3 rings (SSSR count). The maximum Gasteiger partial charge on any atom is 0.292 e. The number of carbonyl (C=O) groups excluding carboxylic acids is 1. The Labute approximate surface area is 141 Å². The standard InChI is InChI=1S/C16H10Cl2N2O3/c17-9-3-4-11(18)10(8-9)13-5-6-14(23-13)16(22)20-15-12(21)2-1-7-19-15/h1-8,21H,(H,19,20,22). The summed E-state index contributed by atoms with van der Waals surface area (Å²) in [5.41, 5.74) is 0.582. The van der Waals surface area contributed by atoms with Crippen molar-refractivity contribution in [2.75, 3.05) is 5.32 Å². The summed E-state index contributed by atoms with van der Waals surface area (Å²) in [5.74, 6) is -0.154.